The molecule has 0 saturated carbocycles. The third-order valence-electron chi connectivity index (χ3n) is 8.11. The van der Waals surface area contributed by atoms with Crippen LogP contribution in [0.3, 0.4) is 0 Å². The van der Waals surface area contributed by atoms with Gasteiger partial charge in [0.15, 0.2) is 19.7 Å². The molecule has 0 fully saturated rings. The molecule has 5 rings (SSSR count). The molecule has 2 aliphatic carbocycles. The van der Waals surface area contributed by atoms with E-state index in [1.54, 1.807) is 19.1 Å². The Morgan fingerprint density at radius 1 is 0.771 bits per heavy atom. The highest BCUT2D eigenvalue weighted by Crippen LogP contribution is 2.41. The van der Waals surface area contributed by atoms with E-state index in [4.69, 9.17) is 13.1 Å². The average Bonchev–Trinajstić information content (AvgIpc) is 3.53. The fourth-order valence-electron chi connectivity index (χ4n) is 6.11. The molecule has 3 aromatic rings. The topological polar surface area (TPSA) is 134 Å². The van der Waals surface area contributed by atoms with Gasteiger partial charge in [-0.1, -0.05) is 24.3 Å². The minimum atomic E-state index is -5.26. The van der Waals surface area contributed by atoms with Crippen molar-refractivity contribution in [2.24, 2.45) is 0 Å². The van der Waals surface area contributed by atoms with Crippen LogP contribution in [0.15, 0.2) is 80.9 Å². The number of nitrogens with zero attached hydrogens (tertiary/aromatic N) is 4. The van der Waals surface area contributed by atoms with E-state index in [1.165, 1.54) is 48.5 Å². The summed E-state index contributed by atoms with van der Waals surface area (Å²) >= 11 is 0. The molecule has 0 bridgehead atoms. The Morgan fingerprint density at radius 3 is 1.58 bits per heavy atom. The molecule has 0 aliphatic heterocycles. The van der Waals surface area contributed by atoms with Gasteiger partial charge in [0.25, 0.3) is 0 Å². The SMILES string of the molecule is [C-]#[N+]C([N+]#[C-])=C1Cc2c(-c3ccc(S(C)(=O)=O)cc3)c3c(c(-c4ccc(S(C)(=O)=O)cc4)c2=C1C)CC(=C(C#N)C#N)C=3OC(F)(F)F. The van der Waals surface area contributed by atoms with E-state index in [-0.39, 0.29) is 55.9 Å². The number of fused-ring (bicyclic) bond motifs is 2. The van der Waals surface area contributed by atoms with Crippen molar-refractivity contribution in [1.82, 2.24) is 0 Å². The van der Waals surface area contributed by atoms with Gasteiger partial charge in [-0.25, -0.2) is 16.8 Å². The average molecular weight is 687 g/mol. The smallest absolute Gasteiger partial charge is 0.405 e. The summed E-state index contributed by atoms with van der Waals surface area (Å²) in [5.41, 5.74) is 1.63. The third-order valence-corrected chi connectivity index (χ3v) is 10.4. The molecule has 0 atom stereocenters. The Labute approximate surface area is 273 Å². The van der Waals surface area contributed by atoms with Gasteiger partial charge in [0.05, 0.1) is 15.4 Å². The summed E-state index contributed by atoms with van der Waals surface area (Å²) < 4.78 is 95.9. The van der Waals surface area contributed by atoms with Crippen LogP contribution < -0.4 is 10.4 Å². The first-order chi connectivity index (χ1) is 22.4. The van der Waals surface area contributed by atoms with Crippen molar-refractivity contribution >= 4 is 31.0 Å². The van der Waals surface area contributed by atoms with Crippen LogP contribution in [0, 0.1) is 35.8 Å². The summed E-state index contributed by atoms with van der Waals surface area (Å²) in [7, 11) is -7.28. The van der Waals surface area contributed by atoms with E-state index in [1.807, 2.05) is 0 Å². The van der Waals surface area contributed by atoms with Gasteiger partial charge < -0.3 is 4.74 Å². The lowest BCUT2D eigenvalue weighted by Crippen LogP contribution is -2.26. The molecule has 14 heteroatoms. The molecular weight excluding hydrogens is 666 g/mol. The minimum absolute atomic E-state index is 0.0174. The normalized spacial score (nSPS) is 14.0. The molecule has 2 aliphatic rings. The summed E-state index contributed by atoms with van der Waals surface area (Å²) in [6.07, 6.45) is -3.69. The van der Waals surface area contributed by atoms with Gasteiger partial charge in [-0.05, 0) is 81.8 Å². The number of ether oxygens (including phenoxy) is 1. The number of rotatable bonds is 5. The summed E-state index contributed by atoms with van der Waals surface area (Å²) in [5, 5.41) is 19.9. The van der Waals surface area contributed by atoms with Crippen LogP contribution in [0.25, 0.3) is 43.3 Å². The lowest BCUT2D eigenvalue weighted by atomic mass is 9.87. The fourth-order valence-corrected chi connectivity index (χ4v) is 7.37. The lowest BCUT2D eigenvalue weighted by molar-refractivity contribution is -0.290. The number of sulfone groups is 2. The molecular formula is C34H21F3N4O5S2. The van der Waals surface area contributed by atoms with Crippen LogP contribution in [0.4, 0.5) is 13.2 Å². The number of alkyl halides is 3. The predicted molar refractivity (Wildman–Crippen MR) is 168 cm³/mol. The second-order valence-corrected chi connectivity index (χ2v) is 15.0. The Kier molecular flexibility index (Phi) is 8.31. The molecule has 0 saturated heterocycles. The first-order valence-electron chi connectivity index (χ1n) is 13.8. The molecule has 0 radical (unpaired) electrons. The summed E-state index contributed by atoms with van der Waals surface area (Å²) in [4.78, 5) is 6.66. The molecule has 48 heavy (non-hydrogen) atoms. The summed E-state index contributed by atoms with van der Waals surface area (Å²) in [6, 6.07) is 14.3. The van der Waals surface area contributed by atoms with Gasteiger partial charge >= 0.3 is 12.2 Å². The molecule has 0 unspecified atom stereocenters. The Bertz CT molecular complexity index is 2510. The summed E-state index contributed by atoms with van der Waals surface area (Å²) in [6.45, 7) is 16.9. The van der Waals surface area contributed by atoms with Crippen LogP contribution >= 0.6 is 0 Å². The first-order valence-corrected chi connectivity index (χ1v) is 17.5. The number of halogens is 3. The van der Waals surface area contributed by atoms with E-state index in [0.29, 0.717) is 33.1 Å². The summed E-state index contributed by atoms with van der Waals surface area (Å²) in [5.74, 6) is -1.05. The molecule has 0 amide bonds. The zero-order valence-electron chi connectivity index (χ0n) is 25.3. The van der Waals surface area contributed by atoms with Crippen LogP contribution in [0.1, 0.15) is 18.1 Å². The van der Waals surface area contributed by atoms with Gasteiger partial charge in [-0.15, -0.1) is 13.2 Å². The van der Waals surface area contributed by atoms with E-state index >= 15 is 0 Å². The van der Waals surface area contributed by atoms with Crippen molar-refractivity contribution in [3.8, 4) is 34.4 Å². The number of allylic oxidation sites excluding steroid dienone is 2. The van der Waals surface area contributed by atoms with Gasteiger partial charge in [-0.2, -0.15) is 20.2 Å². The van der Waals surface area contributed by atoms with Crippen molar-refractivity contribution in [3.05, 3.63) is 115 Å². The van der Waals surface area contributed by atoms with Crippen LogP contribution in [0.2, 0.25) is 0 Å². The highest BCUT2D eigenvalue weighted by Gasteiger charge is 2.40. The van der Waals surface area contributed by atoms with E-state index in [2.05, 4.69) is 14.4 Å². The molecule has 240 valence electrons. The predicted octanol–water partition coefficient (Wildman–Crippen LogP) is 5.15. The Morgan fingerprint density at radius 2 is 1.19 bits per heavy atom. The van der Waals surface area contributed by atoms with Crippen molar-refractivity contribution in [1.29, 1.82) is 10.5 Å². The number of hydrogen-bond acceptors (Lipinski definition) is 7. The maximum Gasteiger partial charge on any atom is 0.573 e. The van der Waals surface area contributed by atoms with Crippen LogP contribution in [-0.4, -0.2) is 35.7 Å². The zero-order valence-corrected chi connectivity index (χ0v) is 26.9. The number of hydrogen-bond donors (Lipinski definition) is 0. The van der Waals surface area contributed by atoms with E-state index < -0.39 is 37.4 Å². The van der Waals surface area contributed by atoms with Gasteiger partial charge in [0.2, 0.25) is 0 Å². The maximum atomic E-state index is 14.1. The van der Waals surface area contributed by atoms with Crippen molar-refractivity contribution < 1.29 is 34.7 Å². The van der Waals surface area contributed by atoms with Gasteiger partial charge in [0.1, 0.15) is 36.6 Å². The number of benzene rings is 3. The molecule has 0 spiro atoms. The van der Waals surface area contributed by atoms with E-state index in [0.717, 1.165) is 12.5 Å². The van der Waals surface area contributed by atoms with Crippen molar-refractivity contribution in [2.45, 2.75) is 35.9 Å². The van der Waals surface area contributed by atoms with Crippen molar-refractivity contribution in [3.63, 3.8) is 0 Å². The van der Waals surface area contributed by atoms with Gasteiger partial charge in [0, 0.05) is 29.7 Å². The Hall–Kier alpha value is -5.67. The molecule has 3 aromatic carbocycles. The quantitative estimate of drug-likeness (QED) is 0.268. The largest absolute Gasteiger partial charge is 0.573 e. The van der Waals surface area contributed by atoms with Crippen molar-refractivity contribution in [2.75, 3.05) is 12.5 Å². The fraction of sp³-hybridized carbons (Fsp3) is 0.176. The molecule has 9 nitrogen and oxygen atoms in total. The molecule has 0 N–H and O–H groups in total. The Balaban J connectivity index is 2.10. The molecule has 0 aromatic heterocycles. The highest BCUT2D eigenvalue weighted by atomic mass is 32.2. The maximum absolute atomic E-state index is 14.1. The van der Waals surface area contributed by atoms with Crippen LogP contribution in [0.5, 0.6) is 0 Å². The van der Waals surface area contributed by atoms with Gasteiger partial charge in [-0.3, -0.25) is 0 Å². The zero-order chi connectivity index (χ0) is 35.3. The second kappa shape index (κ2) is 11.8. The van der Waals surface area contributed by atoms with E-state index in [9.17, 15) is 40.5 Å². The standard InChI is InChI=1S/C34H21F3N4O5S2/c1-18-24(33(40-2)41-3)14-26-28(18)29(19-6-10-22(11-7-19)47(4,42)43)27-15-25(21(16-38)17-39)32(46-34(35,36)37)31(27)30(26)20-8-12-23(13-9-20)48(5,44)45/h6-13H,14-15H2,1,4-5H3. The second-order valence-electron chi connectivity index (χ2n) is 11.0. The monoisotopic (exact) mass is 686 g/mol. The third kappa shape index (κ3) is 5.84. The highest BCUT2D eigenvalue weighted by molar-refractivity contribution is 7.91. The number of nitriles is 2. The minimum Gasteiger partial charge on any atom is -0.405 e. The first kappa shape index (κ1) is 33.7. The molecule has 0 heterocycles. The van der Waals surface area contributed by atoms with Crippen LogP contribution in [-0.2, 0) is 37.3 Å². The lowest BCUT2D eigenvalue weighted by Gasteiger charge is -2.17.